The van der Waals surface area contributed by atoms with Gasteiger partial charge >= 0.3 is 0 Å². The molecule has 0 saturated heterocycles. The Morgan fingerprint density at radius 2 is 2.04 bits per heavy atom. The van der Waals surface area contributed by atoms with E-state index in [9.17, 15) is 9.59 Å². The number of aromatic nitrogens is 2. The summed E-state index contributed by atoms with van der Waals surface area (Å²) >= 11 is 7.49. The second-order valence-electron chi connectivity index (χ2n) is 5.47. The molecule has 128 valence electrons. The van der Waals surface area contributed by atoms with E-state index in [1.165, 1.54) is 24.3 Å². The predicted octanol–water partition coefficient (Wildman–Crippen LogP) is 4.31. The average molecular weight is 367 g/mol. The fourth-order valence-electron chi connectivity index (χ4n) is 2.19. The standard InChI is InChI=1S/C16H19ClN4O2S/c1-4-5-9(2)15-20-21-16(24-15)19-14(23)12-7-6-11(8-13(12)17)18-10(3)22/h6-9H,4-5H2,1-3H3,(H,18,22)(H,19,21,23)/t9-/m0/s1. The van der Waals surface area contributed by atoms with Crippen LogP contribution in [0.3, 0.4) is 0 Å². The molecule has 0 aliphatic heterocycles. The van der Waals surface area contributed by atoms with Gasteiger partial charge in [-0.3, -0.25) is 14.9 Å². The summed E-state index contributed by atoms with van der Waals surface area (Å²) in [6, 6.07) is 4.72. The number of hydrogen-bond acceptors (Lipinski definition) is 5. The highest BCUT2D eigenvalue weighted by Crippen LogP contribution is 2.27. The third-order valence-corrected chi connectivity index (χ3v) is 4.72. The van der Waals surface area contributed by atoms with Crippen LogP contribution in [0.2, 0.25) is 5.02 Å². The van der Waals surface area contributed by atoms with Gasteiger partial charge in [0, 0.05) is 18.5 Å². The molecule has 0 fully saturated rings. The van der Waals surface area contributed by atoms with Gasteiger partial charge in [-0.05, 0) is 24.6 Å². The van der Waals surface area contributed by atoms with Crippen molar-refractivity contribution in [2.75, 3.05) is 10.6 Å². The monoisotopic (exact) mass is 366 g/mol. The van der Waals surface area contributed by atoms with Crippen LogP contribution < -0.4 is 10.6 Å². The largest absolute Gasteiger partial charge is 0.326 e. The highest BCUT2D eigenvalue weighted by atomic mass is 35.5. The number of anilines is 2. The molecule has 0 aliphatic rings. The van der Waals surface area contributed by atoms with Crippen molar-refractivity contribution in [3.8, 4) is 0 Å². The molecule has 0 saturated carbocycles. The third kappa shape index (κ3) is 4.75. The second kappa shape index (κ2) is 8.21. The molecule has 2 aromatic rings. The first-order valence-electron chi connectivity index (χ1n) is 7.62. The highest BCUT2D eigenvalue weighted by Gasteiger charge is 2.16. The Balaban J connectivity index is 2.08. The molecular formula is C16H19ClN4O2S. The van der Waals surface area contributed by atoms with E-state index < -0.39 is 0 Å². The number of nitrogens with zero attached hydrogens (tertiary/aromatic N) is 2. The lowest BCUT2D eigenvalue weighted by molar-refractivity contribution is -0.114. The first-order valence-corrected chi connectivity index (χ1v) is 8.82. The fourth-order valence-corrected chi connectivity index (χ4v) is 3.28. The molecule has 0 bridgehead atoms. The number of amides is 2. The molecule has 8 heteroatoms. The molecule has 0 radical (unpaired) electrons. The molecular weight excluding hydrogens is 348 g/mol. The fraction of sp³-hybridized carbons (Fsp3) is 0.375. The van der Waals surface area contributed by atoms with Gasteiger partial charge < -0.3 is 5.32 Å². The molecule has 2 N–H and O–H groups in total. The molecule has 1 atom stereocenters. The minimum Gasteiger partial charge on any atom is -0.326 e. The topological polar surface area (TPSA) is 84.0 Å². The summed E-state index contributed by atoms with van der Waals surface area (Å²) < 4.78 is 0. The van der Waals surface area contributed by atoms with Gasteiger partial charge in [-0.25, -0.2) is 0 Å². The van der Waals surface area contributed by atoms with Crippen LogP contribution in [0.1, 0.15) is 54.9 Å². The summed E-state index contributed by atoms with van der Waals surface area (Å²) in [5.41, 5.74) is 0.847. The van der Waals surface area contributed by atoms with E-state index in [1.807, 2.05) is 0 Å². The molecule has 2 amide bonds. The Labute approximate surface area is 149 Å². The molecule has 1 aromatic heterocycles. The summed E-state index contributed by atoms with van der Waals surface area (Å²) in [5, 5.41) is 15.1. The zero-order valence-corrected chi connectivity index (χ0v) is 15.3. The second-order valence-corrected chi connectivity index (χ2v) is 6.88. The Hall–Kier alpha value is -1.99. The van der Waals surface area contributed by atoms with Crippen molar-refractivity contribution >= 4 is 45.6 Å². The molecule has 2 rings (SSSR count). The van der Waals surface area contributed by atoms with Crippen LogP contribution in [0.15, 0.2) is 18.2 Å². The van der Waals surface area contributed by atoms with Gasteiger partial charge in [-0.15, -0.1) is 10.2 Å². The zero-order valence-electron chi connectivity index (χ0n) is 13.7. The Kier molecular flexibility index (Phi) is 6.28. The predicted molar refractivity (Wildman–Crippen MR) is 96.9 cm³/mol. The van der Waals surface area contributed by atoms with Crippen molar-refractivity contribution in [2.45, 2.75) is 39.5 Å². The Morgan fingerprint density at radius 1 is 1.29 bits per heavy atom. The third-order valence-electron chi connectivity index (χ3n) is 3.34. The van der Waals surface area contributed by atoms with E-state index in [4.69, 9.17) is 11.6 Å². The number of carbonyl (C=O) groups excluding carboxylic acids is 2. The van der Waals surface area contributed by atoms with E-state index >= 15 is 0 Å². The summed E-state index contributed by atoms with van der Waals surface area (Å²) in [5.74, 6) is -0.246. The summed E-state index contributed by atoms with van der Waals surface area (Å²) in [7, 11) is 0. The maximum absolute atomic E-state index is 12.3. The number of nitrogens with one attached hydrogen (secondary N) is 2. The van der Waals surface area contributed by atoms with Crippen molar-refractivity contribution in [3.63, 3.8) is 0 Å². The normalized spacial score (nSPS) is 11.8. The lowest BCUT2D eigenvalue weighted by Gasteiger charge is -2.07. The van der Waals surface area contributed by atoms with Gasteiger partial charge in [0.15, 0.2) is 0 Å². The first kappa shape index (κ1) is 18.4. The van der Waals surface area contributed by atoms with E-state index in [0.29, 0.717) is 22.3 Å². The minimum absolute atomic E-state index is 0.203. The van der Waals surface area contributed by atoms with E-state index in [-0.39, 0.29) is 16.8 Å². The van der Waals surface area contributed by atoms with Crippen molar-refractivity contribution in [3.05, 3.63) is 33.8 Å². The first-order chi connectivity index (χ1) is 11.4. The lowest BCUT2D eigenvalue weighted by Crippen LogP contribution is -2.13. The van der Waals surface area contributed by atoms with Gasteiger partial charge in [-0.1, -0.05) is 43.2 Å². The van der Waals surface area contributed by atoms with Crippen LogP contribution in [0.5, 0.6) is 0 Å². The maximum atomic E-state index is 12.3. The van der Waals surface area contributed by atoms with Crippen molar-refractivity contribution < 1.29 is 9.59 Å². The van der Waals surface area contributed by atoms with Gasteiger partial charge in [0.1, 0.15) is 5.01 Å². The van der Waals surface area contributed by atoms with E-state index in [2.05, 4.69) is 34.7 Å². The smallest absolute Gasteiger partial charge is 0.259 e. The summed E-state index contributed by atoms with van der Waals surface area (Å²) in [6.07, 6.45) is 2.09. The van der Waals surface area contributed by atoms with Gasteiger partial charge in [-0.2, -0.15) is 0 Å². The number of rotatable bonds is 6. The number of halogens is 1. The zero-order chi connectivity index (χ0) is 17.7. The number of benzene rings is 1. The van der Waals surface area contributed by atoms with Gasteiger partial charge in [0.2, 0.25) is 11.0 Å². The molecule has 6 nitrogen and oxygen atoms in total. The number of carbonyl (C=O) groups is 2. The van der Waals surface area contributed by atoms with Crippen molar-refractivity contribution in [1.82, 2.24) is 10.2 Å². The average Bonchev–Trinajstić information content (AvgIpc) is 2.95. The molecule has 0 spiro atoms. The van der Waals surface area contributed by atoms with E-state index in [0.717, 1.165) is 17.8 Å². The molecule has 1 aromatic carbocycles. The Morgan fingerprint density at radius 3 is 2.67 bits per heavy atom. The summed E-state index contributed by atoms with van der Waals surface area (Å²) in [4.78, 5) is 23.4. The quantitative estimate of drug-likeness (QED) is 0.797. The lowest BCUT2D eigenvalue weighted by atomic mass is 10.1. The molecule has 0 aliphatic carbocycles. The van der Waals surface area contributed by atoms with Crippen LogP contribution in [0.25, 0.3) is 0 Å². The van der Waals surface area contributed by atoms with Crippen LogP contribution in [0.4, 0.5) is 10.8 Å². The summed E-state index contributed by atoms with van der Waals surface area (Å²) in [6.45, 7) is 5.61. The van der Waals surface area contributed by atoms with E-state index in [1.54, 1.807) is 12.1 Å². The van der Waals surface area contributed by atoms with Crippen LogP contribution in [0, 0.1) is 0 Å². The SMILES string of the molecule is CCC[C@H](C)c1nnc(NC(=O)c2ccc(NC(C)=O)cc2Cl)s1. The van der Waals surface area contributed by atoms with Crippen LogP contribution in [-0.2, 0) is 4.79 Å². The van der Waals surface area contributed by atoms with Gasteiger partial charge in [0.25, 0.3) is 5.91 Å². The maximum Gasteiger partial charge on any atom is 0.259 e. The van der Waals surface area contributed by atoms with Crippen LogP contribution in [-0.4, -0.2) is 22.0 Å². The van der Waals surface area contributed by atoms with Crippen molar-refractivity contribution in [1.29, 1.82) is 0 Å². The molecule has 1 heterocycles. The highest BCUT2D eigenvalue weighted by molar-refractivity contribution is 7.15. The van der Waals surface area contributed by atoms with Crippen LogP contribution >= 0.6 is 22.9 Å². The Bertz CT molecular complexity index is 747. The number of hydrogen-bond donors (Lipinski definition) is 2. The minimum atomic E-state index is -0.361. The van der Waals surface area contributed by atoms with Gasteiger partial charge in [0.05, 0.1) is 10.6 Å². The molecule has 0 unspecified atom stereocenters. The van der Waals surface area contributed by atoms with Crippen molar-refractivity contribution in [2.24, 2.45) is 0 Å². The molecule has 24 heavy (non-hydrogen) atoms.